The van der Waals surface area contributed by atoms with Gasteiger partial charge in [0.15, 0.2) is 13.2 Å². The van der Waals surface area contributed by atoms with Crippen LogP contribution in [-0.4, -0.2) is 25.0 Å². The van der Waals surface area contributed by atoms with Gasteiger partial charge in [0.05, 0.1) is 0 Å². The predicted molar refractivity (Wildman–Crippen MR) is 100 cm³/mol. The first-order valence-electron chi connectivity index (χ1n) is 7.29. The van der Waals surface area contributed by atoms with E-state index in [9.17, 15) is 9.59 Å². The van der Waals surface area contributed by atoms with Crippen LogP contribution in [-0.2, 0) is 9.59 Å². The average Bonchev–Trinajstić information content (AvgIpc) is 2.60. The van der Waals surface area contributed by atoms with Crippen LogP contribution in [0, 0.1) is 6.92 Å². The summed E-state index contributed by atoms with van der Waals surface area (Å²) in [6, 6.07) is 12.4. The van der Waals surface area contributed by atoms with E-state index in [4.69, 9.17) is 9.47 Å². The van der Waals surface area contributed by atoms with Crippen LogP contribution in [0.25, 0.3) is 0 Å². The normalized spacial score (nSPS) is 10.0. The molecule has 0 aliphatic rings. The number of hydrogen-bond acceptors (Lipinski definition) is 4. The lowest BCUT2D eigenvalue weighted by Gasteiger charge is -2.10. The highest BCUT2D eigenvalue weighted by atomic mass is 79.9. The molecule has 0 fully saturated rings. The van der Waals surface area contributed by atoms with E-state index >= 15 is 0 Å². The first kappa shape index (κ1) is 19.3. The molecule has 0 atom stereocenters. The van der Waals surface area contributed by atoms with Crippen molar-refractivity contribution in [2.45, 2.75) is 6.92 Å². The number of carbonyl (C=O) groups is 2. The minimum absolute atomic E-state index is 0.213. The van der Waals surface area contributed by atoms with Crippen molar-refractivity contribution >= 4 is 43.7 Å². The summed E-state index contributed by atoms with van der Waals surface area (Å²) in [5.41, 5.74) is 5.52. The molecule has 0 heterocycles. The smallest absolute Gasteiger partial charge is 0.276 e. The van der Waals surface area contributed by atoms with Gasteiger partial charge >= 0.3 is 0 Å². The van der Waals surface area contributed by atoms with E-state index in [1.165, 1.54) is 0 Å². The number of hydrogen-bond donors (Lipinski definition) is 2. The Balaban J connectivity index is 1.67. The van der Waals surface area contributed by atoms with Gasteiger partial charge in [0, 0.05) is 8.95 Å². The summed E-state index contributed by atoms with van der Waals surface area (Å²) in [5, 5.41) is 0. The Bertz CT molecular complexity index is 751. The van der Waals surface area contributed by atoms with E-state index in [1.807, 2.05) is 19.1 Å². The zero-order valence-corrected chi connectivity index (χ0v) is 16.5. The Morgan fingerprint density at radius 3 is 1.96 bits per heavy atom. The van der Waals surface area contributed by atoms with Crippen molar-refractivity contribution in [2.75, 3.05) is 13.2 Å². The van der Waals surface area contributed by atoms with Crippen LogP contribution in [0.5, 0.6) is 11.5 Å². The molecule has 0 saturated carbocycles. The number of rotatable bonds is 6. The SMILES string of the molecule is Cc1cc(OCC(=O)NNC(=O)COc2ccc(Br)cc2)ccc1Br. The molecule has 0 aliphatic carbocycles. The molecule has 0 aromatic heterocycles. The second kappa shape index (κ2) is 9.43. The number of ether oxygens (including phenoxy) is 2. The van der Waals surface area contributed by atoms with E-state index in [0.29, 0.717) is 11.5 Å². The molecule has 2 amide bonds. The molecule has 6 nitrogen and oxygen atoms in total. The van der Waals surface area contributed by atoms with Crippen LogP contribution in [0.3, 0.4) is 0 Å². The minimum Gasteiger partial charge on any atom is -0.484 e. The Morgan fingerprint density at radius 1 is 0.880 bits per heavy atom. The predicted octanol–water partition coefficient (Wildman–Crippen LogP) is 3.13. The Labute approximate surface area is 162 Å². The van der Waals surface area contributed by atoms with Crippen molar-refractivity contribution in [1.29, 1.82) is 0 Å². The lowest BCUT2D eigenvalue weighted by atomic mass is 10.2. The largest absolute Gasteiger partial charge is 0.484 e. The topological polar surface area (TPSA) is 76.7 Å². The molecule has 132 valence electrons. The van der Waals surface area contributed by atoms with Crippen LogP contribution < -0.4 is 20.3 Å². The number of hydrazine groups is 1. The molecule has 0 saturated heterocycles. The summed E-state index contributed by atoms with van der Waals surface area (Å²) in [6.45, 7) is 1.49. The third-order valence-electron chi connectivity index (χ3n) is 3.02. The third kappa shape index (κ3) is 6.75. The summed E-state index contributed by atoms with van der Waals surface area (Å²) in [6.07, 6.45) is 0. The van der Waals surface area contributed by atoms with E-state index in [0.717, 1.165) is 14.5 Å². The van der Waals surface area contributed by atoms with Crippen LogP contribution in [0.2, 0.25) is 0 Å². The maximum atomic E-state index is 11.7. The summed E-state index contributed by atoms with van der Waals surface area (Å²) in [5.74, 6) is 0.174. The molecule has 0 aliphatic heterocycles. The molecule has 25 heavy (non-hydrogen) atoms. The molecule has 2 rings (SSSR count). The lowest BCUT2D eigenvalue weighted by molar-refractivity contribution is -0.131. The number of nitrogens with one attached hydrogen (secondary N) is 2. The van der Waals surface area contributed by atoms with Gasteiger partial charge in [-0.05, 0) is 55.0 Å². The highest BCUT2D eigenvalue weighted by Crippen LogP contribution is 2.21. The first-order chi connectivity index (χ1) is 11.9. The lowest BCUT2D eigenvalue weighted by Crippen LogP contribution is -2.45. The Morgan fingerprint density at radius 2 is 1.40 bits per heavy atom. The highest BCUT2D eigenvalue weighted by molar-refractivity contribution is 9.10. The quantitative estimate of drug-likeness (QED) is 0.634. The minimum atomic E-state index is -0.476. The molecule has 0 bridgehead atoms. The fraction of sp³-hybridized carbons (Fsp3) is 0.176. The number of halogens is 2. The summed E-state index contributed by atoms with van der Waals surface area (Å²) >= 11 is 6.70. The monoisotopic (exact) mass is 470 g/mol. The molecular weight excluding hydrogens is 456 g/mol. The zero-order valence-electron chi connectivity index (χ0n) is 13.3. The summed E-state index contributed by atoms with van der Waals surface area (Å²) in [4.78, 5) is 23.3. The zero-order chi connectivity index (χ0) is 18.2. The molecule has 2 N–H and O–H groups in total. The fourth-order valence-corrected chi connectivity index (χ4v) is 2.26. The van der Waals surface area contributed by atoms with Crippen molar-refractivity contribution in [1.82, 2.24) is 10.9 Å². The molecule has 2 aromatic carbocycles. The van der Waals surface area contributed by atoms with E-state index < -0.39 is 11.8 Å². The third-order valence-corrected chi connectivity index (χ3v) is 4.44. The van der Waals surface area contributed by atoms with Crippen LogP contribution >= 0.6 is 31.9 Å². The maximum Gasteiger partial charge on any atom is 0.276 e. The average molecular weight is 472 g/mol. The van der Waals surface area contributed by atoms with Gasteiger partial charge in [0.25, 0.3) is 11.8 Å². The Hall–Kier alpha value is -2.06. The van der Waals surface area contributed by atoms with Crippen LogP contribution in [0.4, 0.5) is 0 Å². The molecule has 0 unspecified atom stereocenters. The number of carbonyl (C=O) groups excluding carboxylic acids is 2. The van der Waals surface area contributed by atoms with Gasteiger partial charge in [-0.2, -0.15) is 0 Å². The summed E-state index contributed by atoms with van der Waals surface area (Å²) in [7, 11) is 0. The van der Waals surface area contributed by atoms with E-state index in [-0.39, 0.29) is 13.2 Å². The molecular formula is C17H16Br2N2O4. The molecule has 8 heteroatoms. The van der Waals surface area contributed by atoms with Crippen molar-refractivity contribution in [3.63, 3.8) is 0 Å². The van der Waals surface area contributed by atoms with Gasteiger partial charge in [-0.15, -0.1) is 0 Å². The van der Waals surface area contributed by atoms with Crippen molar-refractivity contribution in [3.05, 3.63) is 57.0 Å². The molecule has 0 radical (unpaired) electrons. The second-order valence-corrected chi connectivity index (χ2v) is 6.81. The van der Waals surface area contributed by atoms with Gasteiger partial charge in [-0.3, -0.25) is 20.4 Å². The van der Waals surface area contributed by atoms with E-state index in [2.05, 4.69) is 42.7 Å². The maximum absolute atomic E-state index is 11.7. The van der Waals surface area contributed by atoms with Crippen LogP contribution in [0.15, 0.2) is 51.4 Å². The van der Waals surface area contributed by atoms with Gasteiger partial charge < -0.3 is 9.47 Å². The first-order valence-corrected chi connectivity index (χ1v) is 8.87. The van der Waals surface area contributed by atoms with Crippen LogP contribution in [0.1, 0.15) is 5.56 Å². The highest BCUT2D eigenvalue weighted by Gasteiger charge is 2.07. The van der Waals surface area contributed by atoms with Crippen molar-refractivity contribution in [2.24, 2.45) is 0 Å². The van der Waals surface area contributed by atoms with Gasteiger partial charge in [0.2, 0.25) is 0 Å². The van der Waals surface area contributed by atoms with Gasteiger partial charge in [0.1, 0.15) is 11.5 Å². The number of amides is 2. The van der Waals surface area contributed by atoms with Crippen molar-refractivity contribution < 1.29 is 19.1 Å². The van der Waals surface area contributed by atoms with E-state index in [1.54, 1.807) is 30.3 Å². The van der Waals surface area contributed by atoms with Crippen molar-refractivity contribution in [3.8, 4) is 11.5 Å². The number of aryl methyl sites for hydroxylation is 1. The summed E-state index contributed by atoms with van der Waals surface area (Å²) < 4.78 is 12.5. The Kier molecular flexibility index (Phi) is 7.27. The molecule has 2 aromatic rings. The van der Waals surface area contributed by atoms with Gasteiger partial charge in [-0.1, -0.05) is 31.9 Å². The fourth-order valence-electron chi connectivity index (χ4n) is 1.75. The second-order valence-electron chi connectivity index (χ2n) is 5.04. The number of benzene rings is 2. The van der Waals surface area contributed by atoms with Gasteiger partial charge in [-0.25, -0.2) is 0 Å². The molecule has 0 spiro atoms. The standard InChI is InChI=1S/C17H16Br2N2O4/c1-11-8-14(6-7-15(11)19)25-10-17(23)21-20-16(22)9-24-13-4-2-12(18)3-5-13/h2-8H,9-10H2,1H3,(H,20,22)(H,21,23).